The van der Waals surface area contributed by atoms with Crippen molar-refractivity contribution in [3.8, 4) is 0 Å². The van der Waals surface area contributed by atoms with Crippen molar-refractivity contribution in [1.82, 2.24) is 19.9 Å². The normalized spacial score (nSPS) is 10.0. The van der Waals surface area contributed by atoms with Crippen LogP contribution in [-0.4, -0.2) is 59.5 Å². The quantitative estimate of drug-likeness (QED) is 0.153. The number of aromatic amines is 4. The number of halogens is 2. The summed E-state index contributed by atoms with van der Waals surface area (Å²) < 4.78 is 10.5. The molecule has 0 atom stereocenters. The van der Waals surface area contributed by atoms with E-state index < -0.39 is 39.5 Å². The van der Waals surface area contributed by atoms with Gasteiger partial charge in [-0.05, 0) is 48.7 Å². The minimum atomic E-state index is -1.98. The van der Waals surface area contributed by atoms with Crippen LogP contribution < -0.4 is 46.3 Å². The van der Waals surface area contributed by atoms with Gasteiger partial charge in [0, 0.05) is 0 Å². The number of imidazole rings is 2. The first-order valence-electron chi connectivity index (χ1n) is 19.0. The van der Waals surface area contributed by atoms with Crippen molar-refractivity contribution in [1.29, 1.82) is 0 Å². The predicted octanol–water partition coefficient (Wildman–Crippen LogP) is 2.86. The van der Waals surface area contributed by atoms with E-state index in [2.05, 4.69) is 202 Å². The van der Waals surface area contributed by atoms with Gasteiger partial charge in [0.05, 0.1) is 22.1 Å². The Labute approximate surface area is 405 Å². The average Bonchev–Trinajstić information content (AvgIpc) is 3.87. The topological polar surface area (TPSA) is 63.2 Å². The molecule has 0 aliphatic rings. The van der Waals surface area contributed by atoms with E-state index in [9.17, 15) is 0 Å². The van der Waals surface area contributed by atoms with Gasteiger partial charge in [-0.15, -0.1) is 0 Å². The fourth-order valence-corrected chi connectivity index (χ4v) is 21.7. The van der Waals surface area contributed by atoms with Crippen LogP contribution in [0.15, 0.2) is 231 Å². The second-order valence-corrected chi connectivity index (χ2v) is 28.2. The molecule has 4 nitrogen and oxygen atoms in total. The van der Waals surface area contributed by atoms with Gasteiger partial charge < -0.3 is 44.7 Å². The molecule has 10 aromatic rings. The van der Waals surface area contributed by atoms with Crippen LogP contribution in [0, 0.1) is 9.54 Å². The summed E-state index contributed by atoms with van der Waals surface area (Å²) in [5.74, 6) is 0. The van der Waals surface area contributed by atoms with E-state index >= 15 is 0 Å². The Morgan fingerprint density at radius 1 is 0.246 bits per heavy atom. The molecule has 0 saturated heterocycles. The molecule has 4 N–H and O–H groups in total. The van der Waals surface area contributed by atoms with Gasteiger partial charge in [0.15, 0.2) is 9.54 Å². The number of hydrogen-bond donors (Lipinski definition) is 4. The molecule has 8 aromatic carbocycles. The summed E-state index contributed by atoms with van der Waals surface area (Å²) in [6.45, 7) is 0. The SMILES string of the molecule is S=c1[nH]c2ccccc2[nH]1.S=c1[nH]c2ccccc2[nH]1.[Cl-].[Cl-].[Cu+2].c1cc[c]([Sn]([c]2ccccc2)[c]2ccccc2)cc1.c1cc[c]([Sn]([c]2ccccc2)[c]2ccccc2)cc1. The second-order valence-electron chi connectivity index (χ2n) is 13.2. The van der Waals surface area contributed by atoms with Crippen molar-refractivity contribution in [2.24, 2.45) is 0 Å². The van der Waals surface area contributed by atoms with E-state index in [4.69, 9.17) is 24.4 Å². The third-order valence-electron chi connectivity index (χ3n) is 9.22. The van der Waals surface area contributed by atoms with Crippen molar-refractivity contribution in [2.45, 2.75) is 0 Å². The monoisotopic (exact) mass is 1130 g/mol. The molecule has 61 heavy (non-hydrogen) atoms. The number of hydrogen-bond acceptors (Lipinski definition) is 2. The van der Waals surface area contributed by atoms with Gasteiger partial charge in [-0.2, -0.15) is 0 Å². The van der Waals surface area contributed by atoms with Crippen LogP contribution in [-0.2, 0) is 17.1 Å². The van der Waals surface area contributed by atoms with Crippen molar-refractivity contribution in [2.75, 3.05) is 0 Å². The maximum absolute atomic E-state index is 4.90. The molecule has 0 aliphatic heterocycles. The first-order valence-corrected chi connectivity index (χ1v) is 28.4. The fourth-order valence-electron chi connectivity index (χ4n) is 6.58. The van der Waals surface area contributed by atoms with Crippen molar-refractivity contribution >= 4 is 107 Å². The third kappa shape index (κ3) is 14.4. The molecule has 2 heterocycles. The zero-order chi connectivity index (χ0) is 39.8. The Balaban J connectivity index is 0.000000183. The van der Waals surface area contributed by atoms with Crippen LogP contribution in [0.2, 0.25) is 0 Å². The van der Waals surface area contributed by atoms with Crippen LogP contribution >= 0.6 is 24.4 Å². The van der Waals surface area contributed by atoms with Gasteiger partial charge in [-0.1, -0.05) is 24.3 Å². The molecule has 0 bridgehead atoms. The number of rotatable bonds is 6. The van der Waals surface area contributed by atoms with Gasteiger partial charge in [0.2, 0.25) is 0 Å². The van der Waals surface area contributed by atoms with E-state index in [1.807, 2.05) is 48.5 Å². The molecular weight excluding hydrogens is 1090 g/mol. The van der Waals surface area contributed by atoms with E-state index in [1.54, 1.807) is 0 Å². The molecule has 11 heteroatoms. The van der Waals surface area contributed by atoms with Crippen molar-refractivity contribution < 1.29 is 41.9 Å². The molecule has 2 aromatic heterocycles. The summed E-state index contributed by atoms with van der Waals surface area (Å²) in [5, 5.41) is 0. The third-order valence-corrected chi connectivity index (χ3v) is 25.2. The van der Waals surface area contributed by atoms with E-state index in [0.29, 0.717) is 9.54 Å². The predicted molar refractivity (Wildman–Crippen MR) is 255 cm³/mol. The Hall–Kier alpha value is -4.16. The van der Waals surface area contributed by atoms with Crippen LogP contribution in [0.4, 0.5) is 0 Å². The standard InChI is InChI=1S/2C7H6N2S.6C6H5.2ClH.Cu.2Sn/c2*10-7-8-5-3-1-2-4-6(5)9-7;6*1-2-4-6-5-3-1;;;;;/h2*1-4H,(H2,8,9,10);6*1-5H;2*1H;;;/q;;;;;;;;;;+2;;/p-2. The minimum absolute atomic E-state index is 0. The summed E-state index contributed by atoms with van der Waals surface area (Å²) in [6.07, 6.45) is 0. The summed E-state index contributed by atoms with van der Waals surface area (Å²) in [6, 6.07) is 81.7. The van der Waals surface area contributed by atoms with E-state index in [0.717, 1.165) is 22.1 Å². The number of fused-ring (bicyclic) bond motifs is 2. The zero-order valence-corrected chi connectivity index (χ0v) is 42.6. The molecule has 10 rings (SSSR count). The number of nitrogens with one attached hydrogen (secondary N) is 4. The molecule has 3 radical (unpaired) electrons. The van der Waals surface area contributed by atoms with Crippen LogP contribution in [0.1, 0.15) is 0 Å². The molecule has 0 spiro atoms. The summed E-state index contributed by atoms with van der Waals surface area (Å²) >= 11 is 5.84. The molecule has 0 amide bonds. The van der Waals surface area contributed by atoms with Crippen molar-refractivity contribution in [3.63, 3.8) is 0 Å². The van der Waals surface area contributed by atoms with Gasteiger partial charge in [0.1, 0.15) is 0 Å². The Morgan fingerprint density at radius 3 is 0.557 bits per heavy atom. The maximum atomic E-state index is 4.90. The summed E-state index contributed by atoms with van der Waals surface area (Å²) in [4.78, 5) is 12.1. The Bertz CT molecular complexity index is 2390. The van der Waals surface area contributed by atoms with E-state index in [-0.39, 0.29) is 41.9 Å². The fraction of sp³-hybridized carbons (Fsp3) is 0. The second kappa shape index (κ2) is 26.3. The van der Waals surface area contributed by atoms with Gasteiger partial charge in [-0.3, -0.25) is 0 Å². The molecule has 0 saturated carbocycles. The first-order chi connectivity index (χ1) is 28.6. The number of benzene rings is 8. The Kier molecular flexibility index (Phi) is 21.4. The summed E-state index contributed by atoms with van der Waals surface area (Å²) in [7, 11) is 0. The molecule has 0 unspecified atom stereocenters. The molecular formula is C50H42Cl2CuN4S2Sn2. The number of aromatic nitrogens is 4. The van der Waals surface area contributed by atoms with E-state index in [1.165, 1.54) is 21.5 Å². The number of para-hydroxylation sites is 4. The van der Waals surface area contributed by atoms with Crippen LogP contribution in [0.5, 0.6) is 0 Å². The van der Waals surface area contributed by atoms with Gasteiger partial charge in [-0.25, -0.2) is 0 Å². The first kappa shape index (κ1) is 49.5. The van der Waals surface area contributed by atoms with Crippen LogP contribution in [0.3, 0.4) is 0 Å². The summed E-state index contributed by atoms with van der Waals surface area (Å²) in [5.41, 5.74) is 4.25. The average molecular weight is 1130 g/mol. The zero-order valence-electron chi connectivity index (χ0n) is 32.8. The van der Waals surface area contributed by atoms with Gasteiger partial charge in [0.25, 0.3) is 0 Å². The van der Waals surface area contributed by atoms with Crippen molar-refractivity contribution in [3.05, 3.63) is 240 Å². The molecule has 307 valence electrons. The Morgan fingerprint density at radius 2 is 0.393 bits per heavy atom. The number of H-pyrrole nitrogens is 4. The molecule has 0 fully saturated rings. The van der Waals surface area contributed by atoms with Gasteiger partial charge >= 0.3 is 260 Å². The van der Waals surface area contributed by atoms with Crippen LogP contribution in [0.25, 0.3) is 22.1 Å². The molecule has 0 aliphatic carbocycles.